The van der Waals surface area contributed by atoms with Crippen LogP contribution >= 0.6 is 0 Å². The predicted octanol–water partition coefficient (Wildman–Crippen LogP) is 2.28. The molecule has 0 N–H and O–H groups in total. The smallest absolute Gasteiger partial charge is 0.184 e. The van der Waals surface area contributed by atoms with E-state index < -0.39 is 0 Å². The molecule has 8 nitrogen and oxygen atoms in total. The summed E-state index contributed by atoms with van der Waals surface area (Å²) in [5, 5.41) is 0. The highest BCUT2D eigenvalue weighted by molar-refractivity contribution is 6.20. The van der Waals surface area contributed by atoms with E-state index in [1.165, 1.54) is 26.4 Å². The van der Waals surface area contributed by atoms with Gasteiger partial charge in [-0.1, -0.05) is 0 Å². The fraction of sp³-hybridized carbons (Fsp3) is 0.455. The molecule has 166 valence electrons. The second kappa shape index (κ2) is 13.7. The van der Waals surface area contributed by atoms with E-state index in [9.17, 15) is 9.59 Å². The van der Waals surface area contributed by atoms with Gasteiger partial charge in [-0.2, -0.15) is 0 Å². The average Bonchev–Trinajstić information content (AvgIpc) is 2.73. The number of benzene rings is 1. The lowest BCUT2D eigenvalue weighted by atomic mass is 9.98. The van der Waals surface area contributed by atoms with E-state index in [0.717, 1.165) is 22.6 Å². The topological polar surface area (TPSA) is 89.5 Å². The van der Waals surface area contributed by atoms with Crippen molar-refractivity contribution < 1.29 is 38.0 Å². The van der Waals surface area contributed by atoms with Gasteiger partial charge in [0.15, 0.2) is 11.6 Å². The highest BCUT2D eigenvalue weighted by Crippen LogP contribution is 2.29. The summed E-state index contributed by atoms with van der Waals surface area (Å²) in [6.45, 7) is 1.32. The monoisotopic (exact) mass is 422 g/mol. The Morgan fingerprint density at radius 2 is 0.900 bits per heavy atom. The van der Waals surface area contributed by atoms with Crippen LogP contribution in [0, 0.1) is 0 Å². The van der Waals surface area contributed by atoms with Crippen molar-refractivity contribution in [3.05, 3.63) is 46.6 Å². The van der Waals surface area contributed by atoms with Crippen molar-refractivity contribution in [1.82, 2.24) is 0 Å². The second-order valence-electron chi connectivity index (χ2n) is 6.28. The molecule has 8 heteroatoms. The molecule has 1 aliphatic rings. The van der Waals surface area contributed by atoms with Gasteiger partial charge in [-0.25, -0.2) is 0 Å². The van der Waals surface area contributed by atoms with Crippen molar-refractivity contribution in [3.8, 4) is 11.5 Å². The fourth-order valence-corrected chi connectivity index (χ4v) is 2.74. The third-order valence-electron chi connectivity index (χ3n) is 4.13. The molecule has 0 saturated heterocycles. The summed E-state index contributed by atoms with van der Waals surface area (Å²) in [7, 11) is 9.53. The third-order valence-corrected chi connectivity index (χ3v) is 4.13. The first-order valence-corrected chi connectivity index (χ1v) is 9.14. The standard InChI is InChI=1S/C12H18O4.C10H12O4/c1-13-7-9-5-12(16-4)10(8-14-2)6-11(9)15-3;1-13-5-7-3-10(12)8(6-14-2)4-9(7)11/h5-6H,7-8H2,1-4H3;3-4H,5-6H2,1-2H3. The van der Waals surface area contributed by atoms with Crippen molar-refractivity contribution in [2.75, 3.05) is 55.9 Å². The number of hydrogen-bond donors (Lipinski definition) is 0. The Kier molecular flexibility index (Phi) is 11.6. The van der Waals surface area contributed by atoms with E-state index in [0.29, 0.717) is 24.4 Å². The minimum atomic E-state index is -0.182. The molecule has 0 spiro atoms. The van der Waals surface area contributed by atoms with Crippen LogP contribution in [0.1, 0.15) is 11.1 Å². The fourth-order valence-electron chi connectivity index (χ4n) is 2.74. The molecule has 30 heavy (non-hydrogen) atoms. The van der Waals surface area contributed by atoms with Crippen LogP contribution in [0.15, 0.2) is 35.4 Å². The summed E-state index contributed by atoms with van der Waals surface area (Å²) in [6, 6.07) is 3.83. The number of ketones is 2. The first-order chi connectivity index (χ1) is 14.4. The highest BCUT2D eigenvalue weighted by Gasteiger charge is 2.19. The molecule has 0 atom stereocenters. The Balaban J connectivity index is 0.000000303. The summed E-state index contributed by atoms with van der Waals surface area (Å²) < 4.78 is 30.4. The number of carbonyl (C=O) groups is 2. The van der Waals surface area contributed by atoms with Gasteiger partial charge in [0.1, 0.15) is 11.5 Å². The van der Waals surface area contributed by atoms with E-state index in [-0.39, 0.29) is 24.8 Å². The SMILES string of the molecule is COCC1=CC(=O)C(COC)=CC1=O.COCc1cc(OC)c(COC)cc1OC. The maximum atomic E-state index is 11.4. The van der Waals surface area contributed by atoms with E-state index in [1.54, 1.807) is 28.4 Å². The van der Waals surface area contributed by atoms with Crippen LogP contribution in [0.5, 0.6) is 11.5 Å². The van der Waals surface area contributed by atoms with E-state index >= 15 is 0 Å². The quantitative estimate of drug-likeness (QED) is 0.531. The average molecular weight is 422 g/mol. The molecule has 0 saturated carbocycles. The molecule has 0 fully saturated rings. The summed E-state index contributed by atoms with van der Waals surface area (Å²) >= 11 is 0. The summed E-state index contributed by atoms with van der Waals surface area (Å²) in [5.41, 5.74) is 2.69. The van der Waals surface area contributed by atoms with Crippen LogP contribution in [0.2, 0.25) is 0 Å². The highest BCUT2D eigenvalue weighted by atomic mass is 16.5. The molecule has 0 aliphatic heterocycles. The van der Waals surface area contributed by atoms with Gasteiger partial charge in [-0.15, -0.1) is 0 Å². The number of carbonyl (C=O) groups excluding carboxylic acids is 2. The van der Waals surface area contributed by atoms with Crippen molar-refractivity contribution >= 4 is 11.6 Å². The molecule has 0 bridgehead atoms. The maximum Gasteiger partial charge on any atom is 0.184 e. The van der Waals surface area contributed by atoms with Gasteiger partial charge < -0.3 is 28.4 Å². The van der Waals surface area contributed by atoms with Crippen molar-refractivity contribution in [2.45, 2.75) is 13.2 Å². The summed E-state index contributed by atoms with van der Waals surface area (Å²) in [5.74, 6) is 1.21. The normalized spacial score (nSPS) is 13.3. The number of methoxy groups -OCH3 is 6. The van der Waals surface area contributed by atoms with Gasteiger partial charge >= 0.3 is 0 Å². The number of hydrogen-bond acceptors (Lipinski definition) is 8. The number of allylic oxidation sites excluding steroid dienone is 2. The summed E-state index contributed by atoms with van der Waals surface area (Å²) in [4.78, 5) is 22.8. The Morgan fingerprint density at radius 1 is 0.567 bits per heavy atom. The van der Waals surface area contributed by atoms with Crippen molar-refractivity contribution in [3.63, 3.8) is 0 Å². The van der Waals surface area contributed by atoms with Crippen molar-refractivity contribution in [2.24, 2.45) is 0 Å². The minimum Gasteiger partial charge on any atom is -0.496 e. The Morgan fingerprint density at radius 3 is 1.17 bits per heavy atom. The number of rotatable bonds is 10. The third kappa shape index (κ3) is 7.38. The first kappa shape index (κ1) is 25.5. The van der Waals surface area contributed by atoms with Gasteiger partial charge in [-0.3, -0.25) is 9.59 Å². The number of ether oxygens (including phenoxy) is 6. The molecule has 0 heterocycles. The lowest BCUT2D eigenvalue weighted by Crippen LogP contribution is -2.18. The molecular weight excluding hydrogens is 392 g/mol. The molecule has 0 unspecified atom stereocenters. The molecule has 0 aromatic heterocycles. The van der Waals surface area contributed by atoms with Crippen LogP contribution < -0.4 is 9.47 Å². The van der Waals surface area contributed by atoms with Gasteiger partial charge in [-0.05, 0) is 24.3 Å². The predicted molar refractivity (Wildman–Crippen MR) is 111 cm³/mol. The van der Waals surface area contributed by atoms with Gasteiger partial charge in [0, 0.05) is 50.7 Å². The minimum absolute atomic E-state index is 0.168. The Hall–Kier alpha value is -2.52. The zero-order valence-corrected chi connectivity index (χ0v) is 18.4. The zero-order chi connectivity index (χ0) is 22.5. The molecule has 0 radical (unpaired) electrons. The molecular formula is C22H30O8. The maximum absolute atomic E-state index is 11.4. The second-order valence-corrected chi connectivity index (χ2v) is 6.28. The van der Waals surface area contributed by atoms with E-state index in [2.05, 4.69) is 0 Å². The van der Waals surface area contributed by atoms with Gasteiger partial charge in [0.25, 0.3) is 0 Å². The Labute approximate surface area is 177 Å². The van der Waals surface area contributed by atoms with Crippen LogP contribution in [0.3, 0.4) is 0 Å². The molecule has 1 aromatic carbocycles. The van der Waals surface area contributed by atoms with Crippen molar-refractivity contribution in [1.29, 1.82) is 0 Å². The zero-order valence-electron chi connectivity index (χ0n) is 18.4. The first-order valence-electron chi connectivity index (χ1n) is 9.14. The Bertz CT molecular complexity index is 714. The van der Waals surface area contributed by atoms with E-state index in [4.69, 9.17) is 28.4 Å². The summed E-state index contributed by atoms with van der Waals surface area (Å²) in [6.07, 6.45) is 2.61. The lowest BCUT2D eigenvalue weighted by molar-refractivity contribution is -0.115. The van der Waals surface area contributed by atoms with Crippen LogP contribution in [-0.4, -0.2) is 67.4 Å². The molecule has 0 amide bonds. The van der Waals surface area contributed by atoms with Gasteiger partial charge in [0.05, 0.1) is 40.6 Å². The molecule has 2 rings (SSSR count). The van der Waals surface area contributed by atoms with Crippen LogP contribution in [0.25, 0.3) is 0 Å². The van der Waals surface area contributed by atoms with Crippen LogP contribution in [-0.2, 0) is 41.8 Å². The van der Waals surface area contributed by atoms with E-state index in [1.807, 2.05) is 12.1 Å². The van der Waals surface area contributed by atoms with Crippen LogP contribution in [0.4, 0.5) is 0 Å². The molecule has 1 aliphatic carbocycles. The largest absolute Gasteiger partial charge is 0.496 e. The lowest BCUT2D eigenvalue weighted by Gasteiger charge is -2.14. The van der Waals surface area contributed by atoms with Gasteiger partial charge in [0.2, 0.25) is 0 Å². The molecule has 1 aromatic rings.